The number of hydrogen-bond acceptors (Lipinski definition) is 7. The lowest BCUT2D eigenvalue weighted by Crippen LogP contribution is -2.33. The van der Waals surface area contributed by atoms with Gasteiger partial charge in [-0.05, 0) is 18.6 Å². The molecule has 0 aliphatic carbocycles. The minimum atomic E-state index is 0.635. The fourth-order valence-corrected chi connectivity index (χ4v) is 3.17. The molecule has 8 nitrogen and oxygen atoms in total. The number of fused-ring (bicyclic) bond motifs is 1. The topological polar surface area (TPSA) is 81.0 Å². The molecule has 4 rings (SSSR count). The molecule has 1 N–H and O–H groups in total. The molecule has 0 bridgehead atoms. The molecular formula is C19H23N7O. The second kappa shape index (κ2) is 8.13. The second-order valence-corrected chi connectivity index (χ2v) is 6.44. The normalized spacial score (nSPS) is 14.0. The van der Waals surface area contributed by atoms with E-state index in [-0.39, 0.29) is 0 Å². The van der Waals surface area contributed by atoms with Crippen LogP contribution in [0, 0.1) is 0 Å². The van der Waals surface area contributed by atoms with E-state index in [1.165, 1.54) is 11.3 Å². The zero-order valence-corrected chi connectivity index (χ0v) is 15.4. The fourth-order valence-electron chi connectivity index (χ4n) is 3.17. The van der Waals surface area contributed by atoms with Crippen LogP contribution >= 0.6 is 0 Å². The van der Waals surface area contributed by atoms with Crippen molar-refractivity contribution in [2.75, 3.05) is 18.5 Å². The quantitative estimate of drug-likeness (QED) is 0.687. The van der Waals surface area contributed by atoms with E-state index >= 15 is 0 Å². The summed E-state index contributed by atoms with van der Waals surface area (Å²) >= 11 is 0. The van der Waals surface area contributed by atoms with Gasteiger partial charge in [-0.1, -0.05) is 6.07 Å². The summed E-state index contributed by atoms with van der Waals surface area (Å²) in [5.41, 5.74) is 3.44. The molecule has 0 saturated heterocycles. The van der Waals surface area contributed by atoms with E-state index in [0.29, 0.717) is 19.0 Å². The SMILES string of the molecule is CCOc1ccc(CN2CCn3nc(CNc4cnccn4)cc3C2)cn1. The number of rotatable bonds is 7. The molecule has 0 spiro atoms. The van der Waals surface area contributed by atoms with Gasteiger partial charge in [0.15, 0.2) is 0 Å². The molecule has 0 saturated carbocycles. The zero-order chi connectivity index (χ0) is 18.5. The van der Waals surface area contributed by atoms with Gasteiger partial charge in [0.05, 0.1) is 37.3 Å². The zero-order valence-electron chi connectivity index (χ0n) is 15.4. The number of nitrogens with one attached hydrogen (secondary N) is 1. The molecular weight excluding hydrogens is 342 g/mol. The van der Waals surface area contributed by atoms with E-state index in [1.807, 2.05) is 19.2 Å². The van der Waals surface area contributed by atoms with Crippen LogP contribution in [0.15, 0.2) is 43.0 Å². The summed E-state index contributed by atoms with van der Waals surface area (Å²) < 4.78 is 7.50. The Morgan fingerprint density at radius 2 is 2.11 bits per heavy atom. The van der Waals surface area contributed by atoms with E-state index in [4.69, 9.17) is 4.74 Å². The van der Waals surface area contributed by atoms with Crippen LogP contribution in [0.5, 0.6) is 5.88 Å². The van der Waals surface area contributed by atoms with Crippen LogP contribution < -0.4 is 10.1 Å². The molecule has 1 aliphatic rings. The summed E-state index contributed by atoms with van der Waals surface area (Å²) in [5.74, 6) is 1.44. The molecule has 0 radical (unpaired) electrons. The van der Waals surface area contributed by atoms with E-state index in [9.17, 15) is 0 Å². The minimum Gasteiger partial charge on any atom is -0.478 e. The molecule has 1 aliphatic heterocycles. The molecule has 0 aromatic carbocycles. The van der Waals surface area contributed by atoms with Gasteiger partial charge in [0.1, 0.15) is 5.82 Å². The van der Waals surface area contributed by atoms with E-state index in [1.54, 1.807) is 18.6 Å². The molecule has 0 fully saturated rings. The van der Waals surface area contributed by atoms with Gasteiger partial charge in [-0.3, -0.25) is 14.6 Å². The third kappa shape index (κ3) is 4.40. The predicted octanol–water partition coefficient (Wildman–Crippen LogP) is 2.09. The number of anilines is 1. The van der Waals surface area contributed by atoms with E-state index in [0.717, 1.165) is 37.7 Å². The highest BCUT2D eigenvalue weighted by Gasteiger charge is 2.18. The van der Waals surface area contributed by atoms with Gasteiger partial charge >= 0.3 is 0 Å². The van der Waals surface area contributed by atoms with Crippen molar-refractivity contribution in [3.05, 3.63) is 59.9 Å². The largest absolute Gasteiger partial charge is 0.478 e. The molecule has 0 atom stereocenters. The molecule has 140 valence electrons. The summed E-state index contributed by atoms with van der Waals surface area (Å²) in [5, 5.41) is 7.94. The Balaban J connectivity index is 1.34. The van der Waals surface area contributed by atoms with Gasteiger partial charge in [-0.15, -0.1) is 0 Å². The Morgan fingerprint density at radius 1 is 1.15 bits per heavy atom. The Kier molecular flexibility index (Phi) is 5.24. The summed E-state index contributed by atoms with van der Waals surface area (Å²) in [6.45, 7) is 6.86. The smallest absolute Gasteiger partial charge is 0.213 e. The van der Waals surface area contributed by atoms with Crippen molar-refractivity contribution in [2.24, 2.45) is 0 Å². The number of nitrogens with zero attached hydrogens (tertiary/aromatic N) is 6. The first-order valence-electron chi connectivity index (χ1n) is 9.15. The Morgan fingerprint density at radius 3 is 2.89 bits per heavy atom. The lowest BCUT2D eigenvalue weighted by atomic mass is 10.2. The van der Waals surface area contributed by atoms with Crippen molar-refractivity contribution in [1.29, 1.82) is 0 Å². The van der Waals surface area contributed by atoms with Crippen LogP contribution in [0.1, 0.15) is 23.9 Å². The highest BCUT2D eigenvalue weighted by molar-refractivity contribution is 5.31. The molecule has 8 heteroatoms. The number of ether oxygens (including phenoxy) is 1. The first-order valence-corrected chi connectivity index (χ1v) is 9.15. The highest BCUT2D eigenvalue weighted by atomic mass is 16.5. The van der Waals surface area contributed by atoms with E-state index < -0.39 is 0 Å². The van der Waals surface area contributed by atoms with Crippen molar-refractivity contribution in [2.45, 2.75) is 33.1 Å². The van der Waals surface area contributed by atoms with Crippen molar-refractivity contribution in [3.8, 4) is 5.88 Å². The van der Waals surface area contributed by atoms with Crippen LogP contribution in [0.4, 0.5) is 5.82 Å². The van der Waals surface area contributed by atoms with E-state index in [2.05, 4.69) is 47.1 Å². The summed E-state index contributed by atoms with van der Waals surface area (Å²) in [4.78, 5) is 15.0. The van der Waals surface area contributed by atoms with Crippen LogP contribution in [0.3, 0.4) is 0 Å². The molecule has 3 aromatic rings. The van der Waals surface area contributed by atoms with Gasteiger partial charge in [-0.2, -0.15) is 5.10 Å². The summed E-state index contributed by atoms with van der Waals surface area (Å²) in [6.07, 6.45) is 6.94. The van der Waals surface area contributed by atoms with Crippen LogP contribution in [-0.4, -0.2) is 42.8 Å². The fraction of sp³-hybridized carbons (Fsp3) is 0.368. The van der Waals surface area contributed by atoms with Gasteiger partial charge in [0, 0.05) is 44.3 Å². The van der Waals surface area contributed by atoms with Gasteiger partial charge < -0.3 is 10.1 Å². The van der Waals surface area contributed by atoms with Crippen molar-refractivity contribution < 1.29 is 4.74 Å². The van der Waals surface area contributed by atoms with Crippen LogP contribution in [-0.2, 0) is 26.2 Å². The van der Waals surface area contributed by atoms with Gasteiger partial charge in [-0.25, -0.2) is 9.97 Å². The number of hydrogen-bond donors (Lipinski definition) is 1. The molecule has 4 heterocycles. The molecule has 0 unspecified atom stereocenters. The second-order valence-electron chi connectivity index (χ2n) is 6.44. The third-order valence-electron chi connectivity index (χ3n) is 4.44. The van der Waals surface area contributed by atoms with Gasteiger partial charge in [0.2, 0.25) is 5.88 Å². The molecule has 3 aromatic heterocycles. The maximum absolute atomic E-state index is 5.40. The Bertz CT molecular complexity index is 864. The maximum atomic E-state index is 5.40. The average Bonchev–Trinajstić information content (AvgIpc) is 3.11. The van der Waals surface area contributed by atoms with Crippen LogP contribution in [0.25, 0.3) is 0 Å². The summed E-state index contributed by atoms with van der Waals surface area (Å²) in [7, 11) is 0. The number of aromatic nitrogens is 5. The lowest BCUT2D eigenvalue weighted by molar-refractivity contribution is 0.204. The first-order chi connectivity index (χ1) is 13.3. The lowest BCUT2D eigenvalue weighted by Gasteiger charge is -2.27. The number of pyridine rings is 1. The van der Waals surface area contributed by atoms with Gasteiger partial charge in [0.25, 0.3) is 0 Å². The highest BCUT2D eigenvalue weighted by Crippen LogP contribution is 2.17. The average molecular weight is 365 g/mol. The predicted molar refractivity (Wildman–Crippen MR) is 101 cm³/mol. The van der Waals surface area contributed by atoms with Crippen molar-refractivity contribution >= 4 is 5.82 Å². The monoisotopic (exact) mass is 365 g/mol. The molecule has 27 heavy (non-hydrogen) atoms. The Labute approximate surface area is 158 Å². The first kappa shape index (κ1) is 17.4. The molecule has 0 amide bonds. The summed E-state index contributed by atoms with van der Waals surface area (Å²) in [6, 6.07) is 6.18. The maximum Gasteiger partial charge on any atom is 0.213 e. The standard InChI is InChI=1S/C19H23N7O/c1-2-27-19-4-3-15(10-23-19)13-25-7-8-26-17(14-25)9-16(24-26)11-22-18-12-20-5-6-21-18/h3-6,9-10,12H,2,7-8,11,13-14H2,1H3,(H,21,22). The Hall–Kier alpha value is -3.00. The van der Waals surface area contributed by atoms with Crippen molar-refractivity contribution in [1.82, 2.24) is 29.6 Å². The van der Waals surface area contributed by atoms with Crippen LogP contribution in [0.2, 0.25) is 0 Å². The minimum absolute atomic E-state index is 0.635. The third-order valence-corrected chi connectivity index (χ3v) is 4.44. The van der Waals surface area contributed by atoms with Crippen molar-refractivity contribution in [3.63, 3.8) is 0 Å².